The van der Waals surface area contributed by atoms with Gasteiger partial charge in [0, 0.05) is 12.1 Å². The molecule has 104 valence electrons. The van der Waals surface area contributed by atoms with Crippen molar-refractivity contribution in [3.8, 4) is 5.75 Å². The monoisotopic (exact) mass is 259 g/mol. The Hall–Kier alpha value is -1.02. The number of ether oxygens (including phenoxy) is 1. The molecule has 2 fully saturated rings. The van der Waals surface area contributed by atoms with Gasteiger partial charge in [-0.2, -0.15) is 0 Å². The van der Waals surface area contributed by atoms with Gasteiger partial charge < -0.3 is 10.1 Å². The molecule has 0 heterocycles. The van der Waals surface area contributed by atoms with E-state index in [9.17, 15) is 0 Å². The Labute approximate surface area is 116 Å². The molecule has 2 aliphatic carbocycles. The minimum absolute atomic E-state index is 0.692. The van der Waals surface area contributed by atoms with E-state index >= 15 is 0 Å². The van der Waals surface area contributed by atoms with E-state index in [1.54, 1.807) is 7.11 Å². The zero-order valence-corrected chi connectivity index (χ0v) is 12.1. The van der Waals surface area contributed by atoms with Gasteiger partial charge >= 0.3 is 0 Å². The summed E-state index contributed by atoms with van der Waals surface area (Å²) in [4.78, 5) is 0. The molecule has 2 saturated carbocycles. The molecule has 19 heavy (non-hydrogen) atoms. The maximum absolute atomic E-state index is 5.46. The Morgan fingerprint density at radius 3 is 2.74 bits per heavy atom. The van der Waals surface area contributed by atoms with E-state index in [4.69, 9.17) is 4.74 Å². The van der Waals surface area contributed by atoms with Gasteiger partial charge in [0.2, 0.25) is 0 Å². The molecule has 2 heteroatoms. The molecule has 2 nitrogen and oxygen atoms in total. The lowest BCUT2D eigenvalue weighted by Gasteiger charge is -2.37. The van der Waals surface area contributed by atoms with Gasteiger partial charge in [0.15, 0.2) is 0 Å². The van der Waals surface area contributed by atoms with E-state index in [2.05, 4.69) is 36.5 Å². The molecule has 1 aromatic carbocycles. The highest BCUT2D eigenvalue weighted by molar-refractivity contribution is 5.37. The van der Waals surface area contributed by atoms with E-state index in [1.165, 1.54) is 37.7 Å². The molecule has 3 rings (SSSR count). The molecule has 0 aromatic heterocycles. The quantitative estimate of drug-likeness (QED) is 0.840. The highest BCUT2D eigenvalue weighted by Gasteiger charge is 2.40. The zero-order chi connectivity index (χ0) is 13.2. The predicted molar refractivity (Wildman–Crippen MR) is 78.7 cm³/mol. The second kappa shape index (κ2) is 5.54. The Balaban J connectivity index is 1.48. The van der Waals surface area contributed by atoms with Crippen LogP contribution in [0.15, 0.2) is 24.3 Å². The predicted octanol–water partition coefficient (Wildman–Crippen LogP) is 3.72. The van der Waals surface area contributed by atoms with Crippen LogP contribution in [0.25, 0.3) is 0 Å². The van der Waals surface area contributed by atoms with Crippen molar-refractivity contribution in [2.75, 3.05) is 7.11 Å². The topological polar surface area (TPSA) is 21.3 Å². The van der Waals surface area contributed by atoms with Crippen molar-refractivity contribution in [3.63, 3.8) is 0 Å². The molecule has 0 amide bonds. The zero-order valence-electron chi connectivity index (χ0n) is 12.1. The summed E-state index contributed by atoms with van der Waals surface area (Å²) >= 11 is 0. The van der Waals surface area contributed by atoms with E-state index in [0.717, 1.165) is 23.8 Å². The van der Waals surface area contributed by atoms with Crippen LogP contribution in [0.2, 0.25) is 0 Å². The van der Waals surface area contributed by atoms with Crippen LogP contribution in [0, 0.1) is 5.92 Å². The van der Waals surface area contributed by atoms with Gasteiger partial charge in [0.1, 0.15) is 5.75 Å². The SMILES string of the molecule is CCCC1CC1NC1CC(c2ccccc2OC)C1. The van der Waals surface area contributed by atoms with Crippen LogP contribution in [0.5, 0.6) is 5.75 Å². The van der Waals surface area contributed by atoms with Crippen molar-refractivity contribution in [1.82, 2.24) is 5.32 Å². The lowest BCUT2D eigenvalue weighted by molar-refractivity contribution is 0.277. The molecule has 1 N–H and O–H groups in total. The minimum atomic E-state index is 0.692. The number of hydrogen-bond acceptors (Lipinski definition) is 2. The lowest BCUT2D eigenvalue weighted by atomic mass is 9.75. The maximum Gasteiger partial charge on any atom is 0.122 e. The lowest BCUT2D eigenvalue weighted by Crippen LogP contribution is -2.41. The number of hydrogen-bond donors (Lipinski definition) is 1. The van der Waals surface area contributed by atoms with Crippen molar-refractivity contribution in [3.05, 3.63) is 29.8 Å². The molecule has 0 saturated heterocycles. The average molecular weight is 259 g/mol. The third-order valence-electron chi connectivity index (χ3n) is 4.75. The summed E-state index contributed by atoms with van der Waals surface area (Å²) in [5.41, 5.74) is 1.39. The highest BCUT2D eigenvalue weighted by atomic mass is 16.5. The standard InChI is InChI=1S/C17H25NO/c1-3-6-12-11-16(12)18-14-9-13(10-14)15-7-4-5-8-17(15)19-2/h4-5,7-8,12-14,16,18H,3,6,9-11H2,1-2H3. The number of para-hydroxylation sites is 1. The third kappa shape index (κ3) is 2.79. The van der Waals surface area contributed by atoms with Gasteiger partial charge in [-0.15, -0.1) is 0 Å². The van der Waals surface area contributed by atoms with Gasteiger partial charge in [0.25, 0.3) is 0 Å². The van der Waals surface area contributed by atoms with Crippen molar-refractivity contribution in [1.29, 1.82) is 0 Å². The second-order valence-electron chi connectivity index (χ2n) is 6.16. The molecule has 0 radical (unpaired) electrons. The molecule has 0 aliphatic heterocycles. The van der Waals surface area contributed by atoms with Crippen molar-refractivity contribution in [2.24, 2.45) is 5.92 Å². The van der Waals surface area contributed by atoms with Crippen LogP contribution in [0.1, 0.15) is 50.5 Å². The first-order valence-corrected chi connectivity index (χ1v) is 7.70. The smallest absolute Gasteiger partial charge is 0.122 e. The molecule has 0 spiro atoms. The first-order valence-electron chi connectivity index (χ1n) is 7.70. The summed E-state index contributed by atoms with van der Waals surface area (Å²) in [6.45, 7) is 2.29. The molecule has 2 aliphatic rings. The second-order valence-corrected chi connectivity index (χ2v) is 6.16. The van der Waals surface area contributed by atoms with Gasteiger partial charge in [0.05, 0.1) is 7.11 Å². The summed E-state index contributed by atoms with van der Waals surface area (Å²) in [7, 11) is 1.77. The van der Waals surface area contributed by atoms with Crippen LogP contribution in [-0.4, -0.2) is 19.2 Å². The molecule has 2 atom stereocenters. The highest BCUT2D eigenvalue weighted by Crippen LogP contribution is 2.43. The van der Waals surface area contributed by atoms with Crippen molar-refractivity contribution >= 4 is 0 Å². The Morgan fingerprint density at radius 1 is 1.21 bits per heavy atom. The summed E-state index contributed by atoms with van der Waals surface area (Å²) in [5, 5.41) is 3.82. The molecule has 0 bridgehead atoms. The number of methoxy groups -OCH3 is 1. The van der Waals surface area contributed by atoms with E-state index in [1.807, 2.05) is 0 Å². The van der Waals surface area contributed by atoms with Gasteiger partial charge in [-0.05, 0) is 49.1 Å². The third-order valence-corrected chi connectivity index (χ3v) is 4.75. The molecule has 1 aromatic rings. The summed E-state index contributed by atoms with van der Waals surface area (Å²) in [5.74, 6) is 2.72. The Bertz CT molecular complexity index is 425. The van der Waals surface area contributed by atoms with Crippen molar-refractivity contribution < 1.29 is 4.74 Å². The van der Waals surface area contributed by atoms with Crippen molar-refractivity contribution in [2.45, 2.75) is 57.0 Å². The fourth-order valence-electron chi connectivity index (χ4n) is 3.46. The van der Waals surface area contributed by atoms with E-state index in [0.29, 0.717) is 5.92 Å². The van der Waals surface area contributed by atoms with Crippen LogP contribution in [0.3, 0.4) is 0 Å². The Morgan fingerprint density at radius 2 is 2.00 bits per heavy atom. The summed E-state index contributed by atoms with van der Waals surface area (Å²) in [6, 6.07) is 10.0. The van der Waals surface area contributed by atoms with Crippen LogP contribution in [-0.2, 0) is 0 Å². The largest absolute Gasteiger partial charge is 0.496 e. The first kappa shape index (κ1) is 13.0. The van der Waals surface area contributed by atoms with Crippen LogP contribution in [0.4, 0.5) is 0 Å². The molecular formula is C17H25NO. The van der Waals surface area contributed by atoms with Crippen LogP contribution < -0.4 is 10.1 Å². The molecular weight excluding hydrogens is 234 g/mol. The van der Waals surface area contributed by atoms with Gasteiger partial charge in [-0.1, -0.05) is 31.5 Å². The normalized spacial score (nSPS) is 32.7. The molecule has 2 unspecified atom stereocenters. The fourth-order valence-corrected chi connectivity index (χ4v) is 3.46. The van der Waals surface area contributed by atoms with Crippen LogP contribution >= 0.6 is 0 Å². The average Bonchev–Trinajstić information content (AvgIpc) is 3.12. The first-order chi connectivity index (χ1) is 9.31. The summed E-state index contributed by atoms with van der Waals surface area (Å²) in [6.07, 6.45) is 6.69. The Kier molecular flexibility index (Phi) is 3.79. The number of rotatable bonds is 6. The number of nitrogens with one attached hydrogen (secondary N) is 1. The van der Waals surface area contributed by atoms with E-state index < -0.39 is 0 Å². The van der Waals surface area contributed by atoms with Gasteiger partial charge in [-0.25, -0.2) is 0 Å². The maximum atomic E-state index is 5.46. The summed E-state index contributed by atoms with van der Waals surface area (Å²) < 4.78 is 5.46. The fraction of sp³-hybridized carbons (Fsp3) is 0.647. The minimum Gasteiger partial charge on any atom is -0.496 e. The van der Waals surface area contributed by atoms with E-state index in [-0.39, 0.29) is 0 Å². The number of benzene rings is 1. The van der Waals surface area contributed by atoms with Gasteiger partial charge in [-0.3, -0.25) is 0 Å².